The Morgan fingerprint density at radius 2 is 1.94 bits per heavy atom. The summed E-state index contributed by atoms with van der Waals surface area (Å²) in [6.45, 7) is 3.88. The topological polar surface area (TPSA) is 27.7 Å². The van der Waals surface area contributed by atoms with Crippen LogP contribution in [0.15, 0.2) is 30.3 Å². The molecule has 1 aliphatic heterocycles. The molecule has 0 radical (unpaired) electrons. The van der Waals surface area contributed by atoms with Crippen LogP contribution in [0, 0.1) is 5.92 Å². The quantitative estimate of drug-likeness (QED) is 0.783. The van der Waals surface area contributed by atoms with Gasteiger partial charge >= 0.3 is 0 Å². The highest BCUT2D eigenvalue weighted by Crippen LogP contribution is 2.26. The molecule has 0 aromatic heterocycles. The van der Waals surface area contributed by atoms with Crippen molar-refractivity contribution in [3.05, 3.63) is 35.9 Å². The Hall–Kier alpha value is -0.970. The molecule has 1 aliphatic rings. The zero-order chi connectivity index (χ0) is 12.8. The Morgan fingerprint density at radius 1 is 1.28 bits per heavy atom. The van der Waals surface area contributed by atoms with Gasteiger partial charge in [0.15, 0.2) is 11.3 Å². The third kappa shape index (κ3) is 3.77. The summed E-state index contributed by atoms with van der Waals surface area (Å²) in [5.74, 6) is 0.295. The molecule has 4 heteroatoms. The Morgan fingerprint density at radius 3 is 2.56 bits per heavy atom. The summed E-state index contributed by atoms with van der Waals surface area (Å²) in [6.07, 6.45) is 0.480. The van der Waals surface area contributed by atoms with Crippen LogP contribution >= 0.6 is 12.2 Å². The summed E-state index contributed by atoms with van der Waals surface area (Å²) in [6, 6.07) is 9.97. The lowest BCUT2D eigenvalue weighted by atomic mass is 10.1. The van der Waals surface area contributed by atoms with Gasteiger partial charge < -0.3 is 14.2 Å². The average Bonchev–Trinajstić information content (AvgIpc) is 2.41. The second kappa shape index (κ2) is 6.83. The highest BCUT2D eigenvalue weighted by molar-refractivity contribution is 7.80. The second-order valence-corrected chi connectivity index (χ2v) is 4.74. The molecule has 3 nitrogen and oxygen atoms in total. The molecule has 0 amide bonds. The minimum atomic E-state index is -0.247. The van der Waals surface area contributed by atoms with E-state index in [0.717, 1.165) is 12.0 Å². The van der Waals surface area contributed by atoms with Gasteiger partial charge in [-0.1, -0.05) is 30.3 Å². The number of ether oxygens (including phenoxy) is 3. The maximum atomic E-state index is 5.72. The van der Waals surface area contributed by atoms with E-state index in [-0.39, 0.29) is 6.29 Å². The third-order valence-corrected chi connectivity index (χ3v) is 3.08. The van der Waals surface area contributed by atoms with E-state index in [4.69, 9.17) is 26.4 Å². The van der Waals surface area contributed by atoms with E-state index in [1.807, 2.05) is 37.3 Å². The van der Waals surface area contributed by atoms with Crippen LogP contribution in [0.25, 0.3) is 0 Å². The molecule has 0 spiro atoms. The van der Waals surface area contributed by atoms with Gasteiger partial charge in [0.25, 0.3) is 0 Å². The Bertz CT molecular complexity index is 372. The Balaban J connectivity index is 1.80. The van der Waals surface area contributed by atoms with E-state index >= 15 is 0 Å². The predicted molar refractivity (Wildman–Crippen MR) is 73.4 cm³/mol. The van der Waals surface area contributed by atoms with Crippen LogP contribution in [0.1, 0.15) is 25.2 Å². The minimum absolute atomic E-state index is 0.247. The zero-order valence-electron chi connectivity index (χ0n) is 10.5. The first-order chi connectivity index (χ1) is 8.79. The SMILES string of the molecule is CCOC(=S)CC1COC(c2ccccc2)OC1. The fourth-order valence-corrected chi connectivity index (χ4v) is 2.27. The highest BCUT2D eigenvalue weighted by atomic mass is 32.1. The van der Waals surface area contributed by atoms with Crippen molar-refractivity contribution >= 4 is 17.3 Å². The molecule has 18 heavy (non-hydrogen) atoms. The Labute approximate surface area is 113 Å². The molecule has 0 unspecified atom stereocenters. The van der Waals surface area contributed by atoms with Crippen molar-refractivity contribution in [2.24, 2.45) is 5.92 Å². The van der Waals surface area contributed by atoms with Crippen LogP contribution in [-0.2, 0) is 14.2 Å². The van der Waals surface area contributed by atoms with Gasteiger partial charge in [-0.25, -0.2) is 0 Å². The molecule has 1 aromatic rings. The number of thiocarbonyl (C=S) groups is 1. The van der Waals surface area contributed by atoms with Gasteiger partial charge in [-0.05, 0) is 19.1 Å². The average molecular weight is 266 g/mol. The van der Waals surface area contributed by atoms with Crippen molar-refractivity contribution in [2.75, 3.05) is 19.8 Å². The molecule has 0 saturated carbocycles. The Kier molecular flexibility index (Phi) is 5.11. The second-order valence-electron chi connectivity index (χ2n) is 4.28. The lowest BCUT2D eigenvalue weighted by molar-refractivity contribution is -0.204. The van der Waals surface area contributed by atoms with Crippen LogP contribution in [0.3, 0.4) is 0 Å². The van der Waals surface area contributed by atoms with Gasteiger partial charge in [-0.15, -0.1) is 0 Å². The van der Waals surface area contributed by atoms with Gasteiger partial charge in [0.2, 0.25) is 0 Å². The number of hydrogen-bond acceptors (Lipinski definition) is 4. The van der Waals surface area contributed by atoms with E-state index < -0.39 is 0 Å². The summed E-state index contributed by atoms with van der Waals surface area (Å²) in [5.41, 5.74) is 1.06. The van der Waals surface area contributed by atoms with E-state index in [1.54, 1.807) is 0 Å². The first-order valence-corrected chi connectivity index (χ1v) is 6.64. The molecule has 0 bridgehead atoms. The number of rotatable bonds is 4. The summed E-state index contributed by atoms with van der Waals surface area (Å²) in [4.78, 5) is 0. The molecule has 1 aromatic carbocycles. The number of hydrogen-bond donors (Lipinski definition) is 0. The van der Waals surface area contributed by atoms with Crippen LogP contribution in [-0.4, -0.2) is 24.9 Å². The van der Waals surface area contributed by atoms with E-state index in [2.05, 4.69) is 0 Å². The van der Waals surface area contributed by atoms with Crippen LogP contribution in [0.4, 0.5) is 0 Å². The normalized spacial score (nSPS) is 23.6. The fraction of sp³-hybridized carbons (Fsp3) is 0.500. The highest BCUT2D eigenvalue weighted by Gasteiger charge is 2.24. The molecular weight excluding hydrogens is 248 g/mol. The van der Waals surface area contributed by atoms with Gasteiger partial charge in [-0.3, -0.25) is 0 Å². The molecule has 0 aliphatic carbocycles. The molecule has 1 saturated heterocycles. The predicted octanol–water partition coefficient (Wildman–Crippen LogP) is 3.10. The molecule has 0 atom stereocenters. The lowest BCUT2D eigenvalue weighted by Crippen LogP contribution is -2.28. The van der Waals surface area contributed by atoms with Crippen LogP contribution in [0.2, 0.25) is 0 Å². The van der Waals surface area contributed by atoms with Crippen molar-refractivity contribution < 1.29 is 14.2 Å². The standard InChI is InChI=1S/C14H18O3S/c1-2-15-13(18)8-11-9-16-14(17-10-11)12-6-4-3-5-7-12/h3-7,11,14H,2,8-10H2,1H3. The van der Waals surface area contributed by atoms with Gasteiger partial charge in [-0.2, -0.15) is 0 Å². The number of benzene rings is 1. The molecule has 0 N–H and O–H groups in total. The van der Waals surface area contributed by atoms with Crippen LogP contribution < -0.4 is 0 Å². The summed E-state index contributed by atoms with van der Waals surface area (Å²) in [7, 11) is 0. The van der Waals surface area contributed by atoms with Crippen molar-refractivity contribution in [2.45, 2.75) is 19.6 Å². The molecular formula is C14H18O3S. The molecule has 1 heterocycles. The van der Waals surface area contributed by atoms with E-state index in [9.17, 15) is 0 Å². The smallest absolute Gasteiger partial charge is 0.183 e. The van der Waals surface area contributed by atoms with Gasteiger partial charge in [0.05, 0.1) is 19.8 Å². The summed E-state index contributed by atoms with van der Waals surface area (Å²) < 4.78 is 16.7. The maximum Gasteiger partial charge on any atom is 0.183 e. The van der Waals surface area contributed by atoms with E-state index in [0.29, 0.717) is 30.8 Å². The fourth-order valence-electron chi connectivity index (χ4n) is 1.92. The monoisotopic (exact) mass is 266 g/mol. The van der Waals surface area contributed by atoms with Crippen molar-refractivity contribution in [3.8, 4) is 0 Å². The lowest BCUT2D eigenvalue weighted by Gasteiger charge is -2.29. The summed E-state index contributed by atoms with van der Waals surface area (Å²) >= 11 is 5.12. The molecule has 98 valence electrons. The minimum Gasteiger partial charge on any atom is -0.487 e. The maximum absolute atomic E-state index is 5.72. The first-order valence-electron chi connectivity index (χ1n) is 6.23. The third-order valence-electron chi connectivity index (χ3n) is 2.80. The zero-order valence-corrected chi connectivity index (χ0v) is 11.3. The first kappa shape index (κ1) is 13.5. The molecule has 1 fully saturated rings. The molecule has 2 rings (SSSR count). The van der Waals surface area contributed by atoms with Crippen molar-refractivity contribution in [3.63, 3.8) is 0 Å². The largest absolute Gasteiger partial charge is 0.487 e. The summed E-state index contributed by atoms with van der Waals surface area (Å²) in [5, 5.41) is 0.646. The van der Waals surface area contributed by atoms with E-state index in [1.165, 1.54) is 0 Å². The van der Waals surface area contributed by atoms with Gasteiger partial charge in [0.1, 0.15) is 0 Å². The van der Waals surface area contributed by atoms with Crippen molar-refractivity contribution in [1.29, 1.82) is 0 Å². The van der Waals surface area contributed by atoms with Crippen molar-refractivity contribution in [1.82, 2.24) is 0 Å². The van der Waals surface area contributed by atoms with Gasteiger partial charge in [0, 0.05) is 17.9 Å². The van der Waals surface area contributed by atoms with Crippen LogP contribution in [0.5, 0.6) is 0 Å².